The quantitative estimate of drug-likeness (QED) is 0.827. The fraction of sp³-hybridized carbons (Fsp3) is 0.632. The third-order valence-corrected chi connectivity index (χ3v) is 5.48. The van der Waals surface area contributed by atoms with Crippen molar-refractivity contribution in [2.45, 2.75) is 44.7 Å². The van der Waals surface area contributed by atoms with Crippen LogP contribution in [0.3, 0.4) is 0 Å². The molecule has 6 heteroatoms. The molecule has 0 saturated heterocycles. The van der Waals surface area contributed by atoms with Gasteiger partial charge in [0, 0.05) is 24.2 Å². The Morgan fingerprint density at radius 1 is 1.20 bits per heavy atom. The minimum Gasteiger partial charge on any atom is -0.327 e. The molecule has 2 aliphatic rings. The van der Waals surface area contributed by atoms with Crippen LogP contribution < -0.4 is 11.1 Å². The number of fused-ring (bicyclic) bond motifs is 2. The van der Waals surface area contributed by atoms with Crippen molar-refractivity contribution in [3.05, 3.63) is 29.8 Å². The normalized spacial score (nSPS) is 27.8. The first kappa shape index (κ1) is 22.2. The minimum absolute atomic E-state index is 0. The van der Waals surface area contributed by atoms with Crippen LogP contribution in [0.25, 0.3) is 0 Å². The zero-order valence-corrected chi connectivity index (χ0v) is 16.7. The Morgan fingerprint density at radius 2 is 1.84 bits per heavy atom. The number of hydrogen-bond acceptors (Lipinski definition) is 3. The van der Waals surface area contributed by atoms with Gasteiger partial charge in [-0.05, 0) is 69.3 Å². The summed E-state index contributed by atoms with van der Waals surface area (Å²) in [5.74, 6) is 1.38. The Morgan fingerprint density at radius 3 is 2.44 bits per heavy atom. The van der Waals surface area contributed by atoms with Crippen molar-refractivity contribution in [1.29, 1.82) is 0 Å². The van der Waals surface area contributed by atoms with Crippen LogP contribution in [0.15, 0.2) is 24.3 Å². The highest BCUT2D eigenvalue weighted by atomic mass is 35.5. The molecule has 0 radical (unpaired) electrons. The zero-order chi connectivity index (χ0) is 16.4. The van der Waals surface area contributed by atoms with E-state index in [4.69, 9.17) is 5.73 Å². The average Bonchev–Trinajstić information content (AvgIpc) is 2.46. The Balaban J connectivity index is 0.00000156. The Labute approximate surface area is 163 Å². The average molecular weight is 388 g/mol. The van der Waals surface area contributed by atoms with Crippen molar-refractivity contribution in [3.8, 4) is 0 Å². The molecule has 25 heavy (non-hydrogen) atoms. The number of nitrogens with two attached hydrogens (primary N) is 1. The number of rotatable bonds is 4. The lowest BCUT2D eigenvalue weighted by atomic mass is 9.65. The molecule has 4 nitrogen and oxygen atoms in total. The topological polar surface area (TPSA) is 58.4 Å². The smallest absolute Gasteiger partial charge is 0.227 e. The summed E-state index contributed by atoms with van der Waals surface area (Å²) >= 11 is 0. The fourth-order valence-electron chi connectivity index (χ4n) is 4.36. The molecule has 2 atom stereocenters. The number of nitrogens with one attached hydrogen (secondary N) is 1. The number of anilines is 1. The van der Waals surface area contributed by atoms with E-state index in [2.05, 4.69) is 36.4 Å². The number of hydrogen-bond donors (Lipinski definition) is 2. The predicted molar refractivity (Wildman–Crippen MR) is 108 cm³/mol. The molecule has 2 unspecified atom stereocenters. The van der Waals surface area contributed by atoms with Crippen molar-refractivity contribution in [2.24, 2.45) is 23.5 Å². The Kier molecular flexibility index (Phi) is 8.69. The maximum atomic E-state index is 12.7. The second kappa shape index (κ2) is 9.77. The summed E-state index contributed by atoms with van der Waals surface area (Å²) in [6.07, 6.45) is 5.59. The largest absolute Gasteiger partial charge is 0.327 e. The molecule has 2 aliphatic carbocycles. The van der Waals surface area contributed by atoms with E-state index in [0.29, 0.717) is 17.9 Å². The van der Waals surface area contributed by atoms with Gasteiger partial charge in [0.25, 0.3) is 0 Å². The number of benzene rings is 1. The van der Waals surface area contributed by atoms with Crippen LogP contribution >= 0.6 is 24.8 Å². The Hall–Kier alpha value is -0.810. The van der Waals surface area contributed by atoms with Gasteiger partial charge in [0.2, 0.25) is 5.91 Å². The molecule has 0 spiro atoms. The molecule has 1 amide bonds. The third-order valence-electron chi connectivity index (χ3n) is 5.48. The van der Waals surface area contributed by atoms with Gasteiger partial charge in [-0.1, -0.05) is 18.6 Å². The number of carbonyl (C=O) groups excluding carboxylic acids is 1. The SMILES string of the molecule is CN(C)Cc1cccc(NC(=O)C2CC3CCCC(C2)C3N)c1.Cl.Cl. The van der Waals surface area contributed by atoms with E-state index in [9.17, 15) is 4.79 Å². The van der Waals surface area contributed by atoms with Crippen LogP contribution in [0.2, 0.25) is 0 Å². The van der Waals surface area contributed by atoms with Gasteiger partial charge in [-0.2, -0.15) is 0 Å². The molecule has 2 fully saturated rings. The van der Waals surface area contributed by atoms with Crippen molar-refractivity contribution in [2.75, 3.05) is 19.4 Å². The molecule has 0 heterocycles. The first-order chi connectivity index (χ1) is 11.0. The van der Waals surface area contributed by atoms with Gasteiger partial charge in [-0.25, -0.2) is 0 Å². The van der Waals surface area contributed by atoms with Gasteiger partial charge in [0.05, 0.1) is 0 Å². The summed E-state index contributed by atoms with van der Waals surface area (Å²) < 4.78 is 0. The van der Waals surface area contributed by atoms with Gasteiger partial charge in [0.15, 0.2) is 0 Å². The van der Waals surface area contributed by atoms with Crippen molar-refractivity contribution in [3.63, 3.8) is 0 Å². The maximum absolute atomic E-state index is 12.7. The number of halogens is 2. The summed E-state index contributed by atoms with van der Waals surface area (Å²) in [7, 11) is 4.10. The van der Waals surface area contributed by atoms with Crippen molar-refractivity contribution < 1.29 is 4.79 Å². The molecular formula is C19H31Cl2N3O. The molecule has 2 saturated carbocycles. The molecule has 3 N–H and O–H groups in total. The van der Waals surface area contributed by atoms with Crippen LogP contribution in [-0.2, 0) is 11.3 Å². The monoisotopic (exact) mass is 387 g/mol. The van der Waals surface area contributed by atoms with E-state index < -0.39 is 0 Å². The minimum atomic E-state index is 0. The highest BCUT2D eigenvalue weighted by molar-refractivity contribution is 5.92. The summed E-state index contributed by atoms with van der Waals surface area (Å²) in [4.78, 5) is 14.8. The standard InChI is InChI=1S/C19H29N3O.2ClH/c1-22(2)12-13-5-3-8-17(9-13)21-19(23)16-10-14-6-4-7-15(11-16)18(14)20;;/h3,5,8-9,14-16,18H,4,6-7,10-12,20H2,1-2H3,(H,21,23);2*1H. The number of amides is 1. The lowest BCUT2D eigenvalue weighted by molar-refractivity contribution is -0.122. The van der Waals surface area contributed by atoms with Gasteiger partial charge in [-0.3, -0.25) is 4.79 Å². The molecule has 0 aromatic heterocycles. The third kappa shape index (κ3) is 5.58. The first-order valence-corrected chi connectivity index (χ1v) is 8.83. The summed E-state index contributed by atoms with van der Waals surface area (Å²) in [5, 5.41) is 3.13. The van der Waals surface area contributed by atoms with Crippen LogP contribution in [0, 0.1) is 17.8 Å². The second-order valence-electron chi connectivity index (χ2n) is 7.62. The van der Waals surface area contributed by atoms with E-state index in [1.165, 1.54) is 24.8 Å². The second-order valence-corrected chi connectivity index (χ2v) is 7.62. The summed E-state index contributed by atoms with van der Waals surface area (Å²) in [6.45, 7) is 0.881. The molecule has 2 bridgehead atoms. The summed E-state index contributed by atoms with van der Waals surface area (Å²) in [5.41, 5.74) is 8.46. The molecule has 142 valence electrons. The Bertz CT molecular complexity index is 553. The van der Waals surface area contributed by atoms with Crippen LogP contribution in [0.5, 0.6) is 0 Å². The van der Waals surface area contributed by atoms with Gasteiger partial charge < -0.3 is 16.0 Å². The molecule has 1 aromatic rings. The molecule has 1 aromatic carbocycles. The van der Waals surface area contributed by atoms with Gasteiger partial charge in [-0.15, -0.1) is 24.8 Å². The highest BCUT2D eigenvalue weighted by Crippen LogP contribution is 2.42. The molecule has 3 rings (SSSR count). The van der Waals surface area contributed by atoms with E-state index in [-0.39, 0.29) is 36.6 Å². The van der Waals surface area contributed by atoms with E-state index in [1.807, 2.05) is 12.1 Å². The maximum Gasteiger partial charge on any atom is 0.227 e. The lowest BCUT2D eigenvalue weighted by Gasteiger charge is -2.43. The summed E-state index contributed by atoms with van der Waals surface area (Å²) in [6, 6.07) is 8.48. The zero-order valence-electron chi connectivity index (χ0n) is 15.1. The number of nitrogens with zero attached hydrogens (tertiary/aromatic N) is 1. The van der Waals surface area contributed by atoms with Gasteiger partial charge in [0.1, 0.15) is 0 Å². The predicted octanol–water partition coefficient (Wildman–Crippen LogP) is 3.68. The van der Waals surface area contributed by atoms with Crippen LogP contribution in [0.1, 0.15) is 37.7 Å². The molecule has 0 aliphatic heterocycles. The highest BCUT2D eigenvalue weighted by Gasteiger charge is 2.40. The van der Waals surface area contributed by atoms with Crippen LogP contribution in [0.4, 0.5) is 5.69 Å². The lowest BCUT2D eigenvalue weighted by Crippen LogP contribution is -2.48. The van der Waals surface area contributed by atoms with Crippen LogP contribution in [-0.4, -0.2) is 30.9 Å². The number of carbonyl (C=O) groups is 1. The first-order valence-electron chi connectivity index (χ1n) is 8.83. The fourth-order valence-corrected chi connectivity index (χ4v) is 4.36. The van der Waals surface area contributed by atoms with E-state index in [0.717, 1.165) is 25.1 Å². The van der Waals surface area contributed by atoms with Gasteiger partial charge >= 0.3 is 0 Å². The van der Waals surface area contributed by atoms with E-state index in [1.54, 1.807) is 0 Å². The van der Waals surface area contributed by atoms with Crippen molar-refractivity contribution in [1.82, 2.24) is 4.90 Å². The van der Waals surface area contributed by atoms with Crippen molar-refractivity contribution >= 4 is 36.4 Å². The molecular weight excluding hydrogens is 357 g/mol. The van der Waals surface area contributed by atoms with E-state index >= 15 is 0 Å².